The van der Waals surface area contributed by atoms with Gasteiger partial charge in [0, 0.05) is 26.2 Å². The number of likely N-dealkylation sites (tertiary alicyclic amines) is 1. The van der Waals surface area contributed by atoms with Crippen molar-refractivity contribution in [3.05, 3.63) is 65.7 Å². The molecule has 29 heavy (non-hydrogen) atoms. The van der Waals surface area contributed by atoms with Crippen LogP contribution in [0.5, 0.6) is 5.75 Å². The lowest BCUT2D eigenvalue weighted by atomic mass is 9.86. The zero-order chi connectivity index (χ0) is 20.3. The molecule has 2 fully saturated rings. The van der Waals surface area contributed by atoms with Crippen molar-refractivity contribution in [2.24, 2.45) is 0 Å². The molecule has 0 aromatic heterocycles. The van der Waals surface area contributed by atoms with Crippen molar-refractivity contribution in [2.45, 2.75) is 30.8 Å². The standard InChI is InChI=1S/C24H30N2O3/c1-25-15-16-29-24(18-25)11-13-26(14-12-24)23(28)22(20-5-3-2-4-6-20)17-19-7-9-21(27)10-8-19/h2-10,22,27H,11-18H2,1H3. The molecule has 2 aliphatic heterocycles. The Morgan fingerprint density at radius 1 is 1.07 bits per heavy atom. The smallest absolute Gasteiger partial charge is 0.230 e. The van der Waals surface area contributed by atoms with E-state index in [1.807, 2.05) is 47.4 Å². The highest BCUT2D eigenvalue weighted by molar-refractivity contribution is 5.84. The Bertz CT molecular complexity index is 814. The quantitative estimate of drug-likeness (QED) is 0.866. The monoisotopic (exact) mass is 394 g/mol. The lowest BCUT2D eigenvalue weighted by molar-refractivity contribution is -0.149. The molecular weight excluding hydrogens is 364 g/mol. The summed E-state index contributed by atoms with van der Waals surface area (Å²) in [5.74, 6) is 0.211. The molecule has 0 bridgehead atoms. The first kappa shape index (κ1) is 19.9. The minimum atomic E-state index is -0.218. The number of hydrogen-bond acceptors (Lipinski definition) is 4. The third-order valence-corrected chi connectivity index (χ3v) is 6.30. The van der Waals surface area contributed by atoms with Crippen molar-refractivity contribution in [1.29, 1.82) is 0 Å². The van der Waals surface area contributed by atoms with Crippen LogP contribution in [0.4, 0.5) is 0 Å². The first-order valence-corrected chi connectivity index (χ1v) is 10.5. The van der Waals surface area contributed by atoms with Crippen molar-refractivity contribution >= 4 is 5.91 Å². The summed E-state index contributed by atoms with van der Waals surface area (Å²) < 4.78 is 6.15. The summed E-state index contributed by atoms with van der Waals surface area (Å²) in [7, 11) is 2.14. The Hall–Kier alpha value is -2.37. The topological polar surface area (TPSA) is 53.0 Å². The normalized spacial score (nSPS) is 20.5. The van der Waals surface area contributed by atoms with Gasteiger partial charge in [-0.2, -0.15) is 0 Å². The average molecular weight is 395 g/mol. The van der Waals surface area contributed by atoms with E-state index in [1.54, 1.807) is 12.1 Å². The molecule has 1 unspecified atom stereocenters. The fourth-order valence-electron chi connectivity index (χ4n) is 4.59. The number of phenols is 1. The van der Waals surface area contributed by atoms with Crippen LogP contribution >= 0.6 is 0 Å². The van der Waals surface area contributed by atoms with Crippen molar-refractivity contribution < 1.29 is 14.6 Å². The number of benzene rings is 2. The molecule has 2 saturated heterocycles. The van der Waals surface area contributed by atoms with Gasteiger partial charge in [-0.3, -0.25) is 4.79 Å². The Morgan fingerprint density at radius 3 is 2.41 bits per heavy atom. The summed E-state index contributed by atoms with van der Waals surface area (Å²) in [5, 5.41) is 9.57. The summed E-state index contributed by atoms with van der Waals surface area (Å²) in [5.41, 5.74) is 2.00. The van der Waals surface area contributed by atoms with Gasteiger partial charge in [0.05, 0.1) is 18.1 Å². The van der Waals surface area contributed by atoms with Crippen LogP contribution in [-0.4, -0.2) is 66.2 Å². The van der Waals surface area contributed by atoms with E-state index in [9.17, 15) is 9.90 Å². The highest BCUT2D eigenvalue weighted by Gasteiger charge is 2.40. The molecule has 1 amide bonds. The number of carbonyl (C=O) groups excluding carboxylic acids is 1. The molecule has 2 heterocycles. The third kappa shape index (κ3) is 4.62. The van der Waals surface area contributed by atoms with Gasteiger partial charge in [-0.05, 0) is 49.6 Å². The van der Waals surface area contributed by atoms with E-state index >= 15 is 0 Å². The van der Waals surface area contributed by atoms with Crippen LogP contribution in [-0.2, 0) is 16.0 Å². The van der Waals surface area contributed by atoms with E-state index in [0.717, 1.165) is 56.8 Å². The molecular formula is C24H30N2O3. The van der Waals surface area contributed by atoms with Gasteiger partial charge < -0.3 is 19.6 Å². The number of phenolic OH excluding ortho intramolecular Hbond substituents is 1. The van der Waals surface area contributed by atoms with E-state index in [-0.39, 0.29) is 23.2 Å². The fourth-order valence-corrected chi connectivity index (χ4v) is 4.59. The van der Waals surface area contributed by atoms with Crippen LogP contribution in [0.2, 0.25) is 0 Å². The maximum atomic E-state index is 13.5. The summed E-state index contributed by atoms with van der Waals surface area (Å²) in [6.07, 6.45) is 2.41. The Balaban J connectivity index is 1.49. The number of hydrogen-bond donors (Lipinski definition) is 1. The average Bonchev–Trinajstić information content (AvgIpc) is 2.74. The highest BCUT2D eigenvalue weighted by Crippen LogP contribution is 2.32. The summed E-state index contributed by atoms with van der Waals surface area (Å²) in [4.78, 5) is 17.9. The molecule has 0 radical (unpaired) electrons. The summed E-state index contributed by atoms with van der Waals surface area (Å²) in [6.45, 7) is 4.19. The number of nitrogens with zero attached hydrogens (tertiary/aromatic N) is 2. The van der Waals surface area contributed by atoms with Gasteiger partial charge in [0.2, 0.25) is 5.91 Å². The molecule has 2 aliphatic rings. The molecule has 2 aromatic rings. The molecule has 4 rings (SSSR count). The van der Waals surface area contributed by atoms with Gasteiger partial charge in [0.15, 0.2) is 0 Å². The number of rotatable bonds is 4. The fraction of sp³-hybridized carbons (Fsp3) is 0.458. The van der Waals surface area contributed by atoms with E-state index in [4.69, 9.17) is 4.74 Å². The minimum absolute atomic E-state index is 0.0943. The van der Waals surface area contributed by atoms with E-state index < -0.39 is 0 Å². The molecule has 0 saturated carbocycles. The predicted molar refractivity (Wildman–Crippen MR) is 113 cm³/mol. The van der Waals surface area contributed by atoms with Gasteiger partial charge in [0.1, 0.15) is 5.75 Å². The number of ether oxygens (including phenoxy) is 1. The second-order valence-electron chi connectivity index (χ2n) is 8.43. The lowest BCUT2D eigenvalue weighted by Gasteiger charge is -2.47. The van der Waals surface area contributed by atoms with Crippen LogP contribution < -0.4 is 0 Å². The van der Waals surface area contributed by atoms with Crippen LogP contribution in [0.1, 0.15) is 29.9 Å². The Morgan fingerprint density at radius 2 is 1.76 bits per heavy atom. The first-order chi connectivity index (χ1) is 14.0. The first-order valence-electron chi connectivity index (χ1n) is 10.5. The molecule has 5 heteroatoms. The van der Waals surface area contributed by atoms with Crippen LogP contribution in [0.15, 0.2) is 54.6 Å². The SMILES string of the molecule is CN1CCOC2(CCN(C(=O)C(Cc3ccc(O)cc3)c3ccccc3)CC2)C1. The summed E-state index contributed by atoms with van der Waals surface area (Å²) >= 11 is 0. The van der Waals surface area contributed by atoms with Gasteiger partial charge in [-0.25, -0.2) is 0 Å². The van der Waals surface area contributed by atoms with Gasteiger partial charge >= 0.3 is 0 Å². The molecule has 154 valence electrons. The van der Waals surface area contributed by atoms with Crippen molar-refractivity contribution in [2.75, 3.05) is 39.8 Å². The molecule has 1 spiro atoms. The second-order valence-corrected chi connectivity index (χ2v) is 8.43. The van der Waals surface area contributed by atoms with Gasteiger partial charge in [0.25, 0.3) is 0 Å². The number of piperidine rings is 1. The van der Waals surface area contributed by atoms with E-state index in [1.165, 1.54) is 0 Å². The second kappa shape index (κ2) is 8.56. The van der Waals surface area contributed by atoms with E-state index in [2.05, 4.69) is 11.9 Å². The van der Waals surface area contributed by atoms with Crippen molar-refractivity contribution in [3.63, 3.8) is 0 Å². The van der Waals surface area contributed by atoms with Crippen LogP contribution in [0, 0.1) is 0 Å². The maximum absolute atomic E-state index is 13.5. The maximum Gasteiger partial charge on any atom is 0.230 e. The molecule has 1 N–H and O–H groups in total. The largest absolute Gasteiger partial charge is 0.508 e. The number of aromatic hydroxyl groups is 1. The third-order valence-electron chi connectivity index (χ3n) is 6.30. The predicted octanol–water partition coefficient (Wildman–Crippen LogP) is 3.04. The molecule has 5 nitrogen and oxygen atoms in total. The number of amides is 1. The van der Waals surface area contributed by atoms with Crippen molar-refractivity contribution in [3.8, 4) is 5.75 Å². The summed E-state index contributed by atoms with van der Waals surface area (Å²) in [6, 6.07) is 17.2. The minimum Gasteiger partial charge on any atom is -0.508 e. The zero-order valence-electron chi connectivity index (χ0n) is 17.1. The van der Waals surface area contributed by atoms with Gasteiger partial charge in [-0.15, -0.1) is 0 Å². The molecule has 2 aromatic carbocycles. The van der Waals surface area contributed by atoms with Crippen molar-refractivity contribution in [1.82, 2.24) is 9.80 Å². The van der Waals surface area contributed by atoms with Crippen LogP contribution in [0.3, 0.4) is 0 Å². The lowest BCUT2D eigenvalue weighted by Crippen LogP contribution is -2.57. The number of likely N-dealkylation sites (N-methyl/N-ethyl adjacent to an activating group) is 1. The van der Waals surface area contributed by atoms with Crippen LogP contribution in [0.25, 0.3) is 0 Å². The Kier molecular flexibility index (Phi) is 5.88. The number of morpholine rings is 1. The molecule has 1 atom stereocenters. The Labute approximate surface area is 172 Å². The molecule has 0 aliphatic carbocycles. The number of carbonyl (C=O) groups is 1. The highest BCUT2D eigenvalue weighted by atomic mass is 16.5. The zero-order valence-corrected chi connectivity index (χ0v) is 17.1. The van der Waals surface area contributed by atoms with Gasteiger partial charge in [-0.1, -0.05) is 42.5 Å². The van der Waals surface area contributed by atoms with E-state index in [0.29, 0.717) is 6.42 Å².